The summed E-state index contributed by atoms with van der Waals surface area (Å²) >= 11 is 5.97. The van der Waals surface area contributed by atoms with Gasteiger partial charge >= 0.3 is 0 Å². The lowest BCUT2D eigenvalue weighted by Crippen LogP contribution is -2.29. The molecular weight excluding hydrogens is 289 g/mol. The van der Waals surface area contributed by atoms with Crippen LogP contribution in [-0.4, -0.2) is 5.78 Å². The standard InChI is InChI=1S/C17H11ClFNO/c18-14-6-3-7-15(19)16(14)13(9-20)17(21)12-8-10-4-1-2-5-11(10)12/h1-7,12-13H,8H2. The normalized spacial score (nSPS) is 17.3. The highest BCUT2D eigenvalue weighted by Crippen LogP contribution is 2.40. The zero-order valence-corrected chi connectivity index (χ0v) is 11.8. The molecule has 2 atom stereocenters. The van der Waals surface area contributed by atoms with Crippen LogP contribution in [0.15, 0.2) is 42.5 Å². The van der Waals surface area contributed by atoms with Gasteiger partial charge in [0.25, 0.3) is 0 Å². The van der Waals surface area contributed by atoms with Gasteiger partial charge < -0.3 is 0 Å². The van der Waals surface area contributed by atoms with Crippen molar-refractivity contribution in [1.82, 2.24) is 0 Å². The van der Waals surface area contributed by atoms with Crippen LogP contribution in [0.25, 0.3) is 0 Å². The fourth-order valence-corrected chi connectivity index (χ4v) is 3.04. The van der Waals surface area contributed by atoms with E-state index in [1.54, 1.807) is 0 Å². The van der Waals surface area contributed by atoms with E-state index < -0.39 is 11.7 Å². The molecule has 0 bridgehead atoms. The Morgan fingerprint density at radius 1 is 1.29 bits per heavy atom. The van der Waals surface area contributed by atoms with E-state index in [1.165, 1.54) is 18.2 Å². The summed E-state index contributed by atoms with van der Waals surface area (Å²) in [5.74, 6) is -2.42. The first kappa shape index (κ1) is 13.8. The molecule has 0 heterocycles. The van der Waals surface area contributed by atoms with Crippen molar-refractivity contribution < 1.29 is 9.18 Å². The summed E-state index contributed by atoms with van der Waals surface area (Å²) in [6.45, 7) is 0. The van der Waals surface area contributed by atoms with Crippen LogP contribution in [0.2, 0.25) is 5.02 Å². The molecule has 0 spiro atoms. The molecule has 0 fully saturated rings. The number of hydrogen-bond acceptors (Lipinski definition) is 2. The van der Waals surface area contributed by atoms with Crippen LogP contribution in [0.3, 0.4) is 0 Å². The molecule has 1 aliphatic carbocycles. The number of hydrogen-bond donors (Lipinski definition) is 0. The molecule has 3 rings (SSSR count). The lowest BCUT2D eigenvalue weighted by molar-refractivity contribution is -0.121. The van der Waals surface area contributed by atoms with Gasteiger partial charge in [-0.1, -0.05) is 41.9 Å². The molecule has 21 heavy (non-hydrogen) atoms. The van der Waals surface area contributed by atoms with Gasteiger partial charge in [0.2, 0.25) is 0 Å². The zero-order valence-electron chi connectivity index (χ0n) is 11.0. The molecule has 104 valence electrons. The SMILES string of the molecule is N#CC(C(=O)C1Cc2ccccc21)c1c(F)cccc1Cl. The van der Waals surface area contributed by atoms with Gasteiger partial charge in [-0.25, -0.2) is 4.39 Å². The van der Waals surface area contributed by atoms with E-state index in [2.05, 4.69) is 0 Å². The number of ketones is 1. The summed E-state index contributed by atoms with van der Waals surface area (Å²) < 4.78 is 13.9. The molecule has 2 unspecified atom stereocenters. The average Bonchev–Trinajstić information content (AvgIpc) is 2.44. The van der Waals surface area contributed by atoms with Crippen molar-refractivity contribution in [2.24, 2.45) is 0 Å². The van der Waals surface area contributed by atoms with Crippen LogP contribution in [-0.2, 0) is 11.2 Å². The molecule has 0 saturated heterocycles. The largest absolute Gasteiger partial charge is 0.297 e. The first-order valence-electron chi connectivity index (χ1n) is 6.58. The summed E-state index contributed by atoms with van der Waals surface area (Å²) in [5, 5.41) is 9.43. The Bertz CT molecular complexity index is 745. The second-order valence-electron chi connectivity index (χ2n) is 5.06. The van der Waals surface area contributed by atoms with Crippen molar-refractivity contribution in [2.75, 3.05) is 0 Å². The fraction of sp³-hybridized carbons (Fsp3) is 0.176. The third-order valence-electron chi connectivity index (χ3n) is 3.90. The number of Topliss-reactive ketones (excluding diaryl/α,β-unsaturated/α-hetero) is 1. The number of halogens is 2. The highest BCUT2D eigenvalue weighted by Gasteiger charge is 2.38. The number of benzene rings is 2. The number of nitriles is 1. The molecular formula is C17H11ClFNO. The highest BCUT2D eigenvalue weighted by atomic mass is 35.5. The number of carbonyl (C=O) groups excluding carboxylic acids is 1. The molecule has 0 aromatic heterocycles. The average molecular weight is 300 g/mol. The maximum absolute atomic E-state index is 13.9. The van der Waals surface area contributed by atoms with Crippen molar-refractivity contribution >= 4 is 17.4 Å². The summed E-state index contributed by atoms with van der Waals surface area (Å²) in [7, 11) is 0. The molecule has 4 heteroatoms. The second kappa shape index (κ2) is 5.31. The molecule has 1 aliphatic rings. The van der Waals surface area contributed by atoms with Gasteiger partial charge in [-0.15, -0.1) is 0 Å². The van der Waals surface area contributed by atoms with Crippen molar-refractivity contribution in [3.05, 3.63) is 70.0 Å². The van der Waals surface area contributed by atoms with Crippen molar-refractivity contribution in [3.63, 3.8) is 0 Å². The predicted octanol–water partition coefficient (Wildman–Crippen LogP) is 4.00. The van der Waals surface area contributed by atoms with Crippen molar-refractivity contribution in [2.45, 2.75) is 18.3 Å². The molecule has 0 amide bonds. The molecule has 2 aromatic carbocycles. The van der Waals surface area contributed by atoms with Crippen molar-refractivity contribution in [3.8, 4) is 6.07 Å². The van der Waals surface area contributed by atoms with Crippen LogP contribution in [0.1, 0.15) is 28.5 Å². The fourth-order valence-electron chi connectivity index (χ4n) is 2.77. The lowest BCUT2D eigenvalue weighted by Gasteiger charge is -2.30. The lowest BCUT2D eigenvalue weighted by atomic mass is 9.71. The Morgan fingerprint density at radius 3 is 2.71 bits per heavy atom. The first-order chi connectivity index (χ1) is 10.1. The highest BCUT2D eigenvalue weighted by molar-refractivity contribution is 6.31. The van der Waals surface area contributed by atoms with Gasteiger partial charge in [0.1, 0.15) is 11.7 Å². The van der Waals surface area contributed by atoms with E-state index in [1.807, 2.05) is 30.3 Å². The molecule has 2 aromatic rings. The Hall–Kier alpha value is -2.18. The monoisotopic (exact) mass is 299 g/mol. The predicted molar refractivity (Wildman–Crippen MR) is 77.7 cm³/mol. The van der Waals surface area contributed by atoms with Gasteiger partial charge in [0.15, 0.2) is 5.78 Å². The van der Waals surface area contributed by atoms with Gasteiger partial charge in [0, 0.05) is 16.5 Å². The van der Waals surface area contributed by atoms with E-state index >= 15 is 0 Å². The van der Waals surface area contributed by atoms with Crippen LogP contribution >= 0.6 is 11.6 Å². The number of nitrogens with zero attached hydrogens (tertiary/aromatic N) is 1. The van der Waals surface area contributed by atoms with E-state index in [9.17, 15) is 14.4 Å². The third-order valence-corrected chi connectivity index (χ3v) is 4.23. The first-order valence-corrected chi connectivity index (χ1v) is 6.96. The quantitative estimate of drug-likeness (QED) is 0.859. The smallest absolute Gasteiger partial charge is 0.162 e. The molecule has 2 nitrogen and oxygen atoms in total. The van der Waals surface area contributed by atoms with Crippen LogP contribution in [0.4, 0.5) is 4.39 Å². The van der Waals surface area contributed by atoms with Crippen LogP contribution in [0, 0.1) is 17.1 Å². The second-order valence-corrected chi connectivity index (χ2v) is 5.46. The summed E-state index contributed by atoms with van der Waals surface area (Å²) in [5.41, 5.74) is 2.01. The Morgan fingerprint density at radius 2 is 2.05 bits per heavy atom. The maximum Gasteiger partial charge on any atom is 0.162 e. The minimum absolute atomic E-state index is 0.0175. The Kier molecular flexibility index (Phi) is 3.48. The number of fused-ring (bicyclic) bond motifs is 1. The Balaban J connectivity index is 1.96. The molecule has 0 aliphatic heterocycles. The van der Waals surface area contributed by atoms with Gasteiger partial charge in [-0.05, 0) is 29.7 Å². The summed E-state index contributed by atoms with van der Waals surface area (Å²) in [4.78, 5) is 12.6. The molecule has 0 radical (unpaired) electrons. The third kappa shape index (κ3) is 2.22. The molecule has 0 N–H and O–H groups in total. The zero-order chi connectivity index (χ0) is 15.0. The minimum Gasteiger partial charge on any atom is -0.297 e. The van der Waals surface area contributed by atoms with E-state index in [0.29, 0.717) is 6.42 Å². The van der Waals surface area contributed by atoms with E-state index in [0.717, 1.165) is 11.1 Å². The van der Waals surface area contributed by atoms with E-state index in [4.69, 9.17) is 11.6 Å². The molecule has 0 saturated carbocycles. The summed E-state index contributed by atoms with van der Waals surface area (Å²) in [6.07, 6.45) is 0.596. The maximum atomic E-state index is 13.9. The Labute approximate surface area is 126 Å². The summed E-state index contributed by atoms with van der Waals surface area (Å²) in [6, 6.07) is 13.7. The van der Waals surface area contributed by atoms with Gasteiger partial charge in [0.05, 0.1) is 6.07 Å². The van der Waals surface area contributed by atoms with E-state index in [-0.39, 0.29) is 22.3 Å². The number of carbonyl (C=O) groups is 1. The van der Waals surface area contributed by atoms with Crippen LogP contribution < -0.4 is 0 Å². The topological polar surface area (TPSA) is 40.9 Å². The van der Waals surface area contributed by atoms with Gasteiger partial charge in [-0.2, -0.15) is 5.26 Å². The van der Waals surface area contributed by atoms with Crippen LogP contribution in [0.5, 0.6) is 0 Å². The number of rotatable bonds is 3. The minimum atomic E-state index is -1.17. The van der Waals surface area contributed by atoms with Gasteiger partial charge in [-0.3, -0.25) is 4.79 Å². The van der Waals surface area contributed by atoms with Crippen molar-refractivity contribution in [1.29, 1.82) is 5.26 Å².